The SMILES string of the molecule is Nc1ccccc1S(=O)(=O)NCCOCC1CC1. The van der Waals surface area contributed by atoms with E-state index in [0.717, 1.165) is 6.61 Å². The van der Waals surface area contributed by atoms with Crippen molar-refractivity contribution in [2.45, 2.75) is 17.7 Å². The number of nitrogen functional groups attached to an aromatic ring is 1. The molecule has 0 aromatic heterocycles. The summed E-state index contributed by atoms with van der Waals surface area (Å²) < 4.78 is 31.7. The number of rotatable bonds is 7. The van der Waals surface area contributed by atoms with Gasteiger partial charge < -0.3 is 10.5 Å². The standard InChI is InChI=1S/C12H18N2O3S/c13-11-3-1-2-4-12(11)18(15,16)14-7-8-17-9-10-5-6-10/h1-4,10,14H,5-9,13H2. The summed E-state index contributed by atoms with van der Waals surface area (Å²) in [7, 11) is -3.53. The normalized spacial score (nSPS) is 15.8. The Hall–Kier alpha value is -1.11. The Morgan fingerprint density at radius 3 is 2.72 bits per heavy atom. The van der Waals surface area contributed by atoms with Crippen LogP contribution < -0.4 is 10.5 Å². The van der Waals surface area contributed by atoms with Gasteiger partial charge in [0.1, 0.15) is 4.90 Å². The summed E-state index contributed by atoms with van der Waals surface area (Å²) >= 11 is 0. The second kappa shape index (κ2) is 5.69. The van der Waals surface area contributed by atoms with Crippen molar-refractivity contribution in [1.82, 2.24) is 4.72 Å². The van der Waals surface area contributed by atoms with Crippen LogP contribution in [0.2, 0.25) is 0 Å². The number of sulfonamides is 1. The molecular formula is C12H18N2O3S. The first-order valence-corrected chi connectivity index (χ1v) is 7.50. The highest BCUT2D eigenvalue weighted by molar-refractivity contribution is 7.89. The van der Waals surface area contributed by atoms with Crippen LogP contribution in [0.4, 0.5) is 5.69 Å². The van der Waals surface area contributed by atoms with Crippen molar-refractivity contribution in [2.75, 3.05) is 25.5 Å². The topological polar surface area (TPSA) is 81.4 Å². The number of hydrogen-bond acceptors (Lipinski definition) is 4. The number of anilines is 1. The fourth-order valence-electron chi connectivity index (χ4n) is 1.59. The Bertz CT molecular complexity index is 498. The van der Waals surface area contributed by atoms with Crippen molar-refractivity contribution in [3.05, 3.63) is 24.3 Å². The molecule has 2 rings (SSSR count). The van der Waals surface area contributed by atoms with E-state index < -0.39 is 10.0 Å². The van der Waals surface area contributed by atoms with Gasteiger partial charge in [0, 0.05) is 13.2 Å². The van der Waals surface area contributed by atoms with E-state index in [0.29, 0.717) is 12.5 Å². The molecule has 0 spiro atoms. The highest BCUT2D eigenvalue weighted by Gasteiger charge is 2.21. The molecule has 1 aromatic carbocycles. The summed E-state index contributed by atoms with van der Waals surface area (Å²) in [4.78, 5) is 0.118. The van der Waals surface area contributed by atoms with Crippen LogP contribution in [0.3, 0.4) is 0 Å². The third-order valence-electron chi connectivity index (χ3n) is 2.80. The first-order chi connectivity index (χ1) is 8.59. The molecular weight excluding hydrogens is 252 g/mol. The molecule has 0 atom stereocenters. The van der Waals surface area contributed by atoms with E-state index >= 15 is 0 Å². The molecule has 3 N–H and O–H groups in total. The minimum atomic E-state index is -3.53. The van der Waals surface area contributed by atoms with Gasteiger partial charge in [-0.05, 0) is 30.9 Å². The van der Waals surface area contributed by atoms with Gasteiger partial charge in [-0.3, -0.25) is 0 Å². The summed E-state index contributed by atoms with van der Waals surface area (Å²) in [5, 5.41) is 0. The van der Waals surface area contributed by atoms with Gasteiger partial charge in [-0.1, -0.05) is 12.1 Å². The van der Waals surface area contributed by atoms with Crippen molar-refractivity contribution in [3.63, 3.8) is 0 Å². The van der Waals surface area contributed by atoms with Gasteiger partial charge in [0.25, 0.3) is 0 Å². The van der Waals surface area contributed by atoms with Crippen LogP contribution in [0.15, 0.2) is 29.2 Å². The first-order valence-electron chi connectivity index (χ1n) is 6.01. The Kier molecular flexibility index (Phi) is 4.21. The third-order valence-corrected chi connectivity index (χ3v) is 4.33. The van der Waals surface area contributed by atoms with Crippen LogP contribution in [-0.4, -0.2) is 28.2 Å². The van der Waals surface area contributed by atoms with E-state index in [1.54, 1.807) is 18.2 Å². The maximum atomic E-state index is 11.9. The number of nitrogens with one attached hydrogen (secondary N) is 1. The van der Waals surface area contributed by atoms with Crippen molar-refractivity contribution in [3.8, 4) is 0 Å². The number of hydrogen-bond donors (Lipinski definition) is 2. The molecule has 100 valence electrons. The first kappa shape index (κ1) is 13.3. The van der Waals surface area contributed by atoms with E-state index in [4.69, 9.17) is 10.5 Å². The molecule has 1 aromatic rings. The second-order valence-corrected chi connectivity index (χ2v) is 6.19. The fraction of sp³-hybridized carbons (Fsp3) is 0.500. The summed E-state index contributed by atoms with van der Waals surface area (Å²) in [5.41, 5.74) is 5.89. The minimum Gasteiger partial charge on any atom is -0.398 e. The molecule has 0 saturated heterocycles. The molecule has 1 aliphatic rings. The summed E-state index contributed by atoms with van der Waals surface area (Å²) in [6.45, 7) is 1.39. The zero-order valence-electron chi connectivity index (χ0n) is 10.1. The fourth-order valence-corrected chi connectivity index (χ4v) is 2.73. The van der Waals surface area contributed by atoms with Gasteiger partial charge >= 0.3 is 0 Å². The molecule has 0 aliphatic heterocycles. The monoisotopic (exact) mass is 270 g/mol. The van der Waals surface area contributed by atoms with Crippen LogP contribution in [0, 0.1) is 5.92 Å². The molecule has 0 heterocycles. The smallest absolute Gasteiger partial charge is 0.242 e. The zero-order chi connectivity index (χ0) is 13.0. The lowest BCUT2D eigenvalue weighted by Crippen LogP contribution is -2.28. The van der Waals surface area contributed by atoms with Gasteiger partial charge in [0.2, 0.25) is 10.0 Å². The van der Waals surface area contributed by atoms with Crippen molar-refractivity contribution >= 4 is 15.7 Å². The Labute approximate surface area is 107 Å². The lowest BCUT2D eigenvalue weighted by molar-refractivity contribution is 0.129. The van der Waals surface area contributed by atoms with Gasteiger partial charge in [0.05, 0.1) is 12.3 Å². The molecule has 0 amide bonds. The number of benzene rings is 1. The molecule has 0 bridgehead atoms. The molecule has 18 heavy (non-hydrogen) atoms. The van der Waals surface area contributed by atoms with Crippen LogP contribution in [0.1, 0.15) is 12.8 Å². The molecule has 6 heteroatoms. The molecule has 1 fully saturated rings. The van der Waals surface area contributed by atoms with Crippen molar-refractivity contribution < 1.29 is 13.2 Å². The lowest BCUT2D eigenvalue weighted by atomic mass is 10.3. The van der Waals surface area contributed by atoms with Crippen LogP contribution >= 0.6 is 0 Å². The van der Waals surface area contributed by atoms with Crippen molar-refractivity contribution in [1.29, 1.82) is 0 Å². The lowest BCUT2D eigenvalue weighted by Gasteiger charge is -2.09. The van der Waals surface area contributed by atoms with E-state index in [2.05, 4.69) is 4.72 Å². The summed E-state index contributed by atoms with van der Waals surface area (Å²) in [6.07, 6.45) is 2.46. The highest BCUT2D eigenvalue weighted by atomic mass is 32.2. The van der Waals surface area contributed by atoms with Gasteiger partial charge in [-0.2, -0.15) is 0 Å². The minimum absolute atomic E-state index is 0.118. The quantitative estimate of drug-likeness (QED) is 0.571. The average Bonchev–Trinajstić information content (AvgIpc) is 3.13. The maximum absolute atomic E-state index is 11.9. The molecule has 1 aliphatic carbocycles. The van der Waals surface area contributed by atoms with Crippen LogP contribution in [0.25, 0.3) is 0 Å². The predicted octanol–water partition coefficient (Wildman–Crippen LogP) is 0.974. The molecule has 1 saturated carbocycles. The maximum Gasteiger partial charge on any atom is 0.242 e. The second-order valence-electron chi connectivity index (χ2n) is 4.45. The van der Waals surface area contributed by atoms with Gasteiger partial charge in [-0.25, -0.2) is 13.1 Å². The van der Waals surface area contributed by atoms with E-state index in [1.165, 1.54) is 18.9 Å². The van der Waals surface area contributed by atoms with Crippen LogP contribution in [-0.2, 0) is 14.8 Å². The van der Waals surface area contributed by atoms with Crippen LogP contribution in [0.5, 0.6) is 0 Å². The number of para-hydroxylation sites is 1. The highest BCUT2D eigenvalue weighted by Crippen LogP contribution is 2.28. The Morgan fingerprint density at radius 2 is 2.06 bits per heavy atom. The average molecular weight is 270 g/mol. The Balaban J connectivity index is 1.81. The molecule has 5 nitrogen and oxygen atoms in total. The van der Waals surface area contributed by atoms with Gasteiger partial charge in [-0.15, -0.1) is 0 Å². The number of ether oxygens (including phenoxy) is 1. The largest absolute Gasteiger partial charge is 0.398 e. The predicted molar refractivity (Wildman–Crippen MR) is 69.6 cm³/mol. The van der Waals surface area contributed by atoms with Crippen molar-refractivity contribution in [2.24, 2.45) is 5.92 Å². The summed E-state index contributed by atoms with van der Waals surface area (Å²) in [5.74, 6) is 0.686. The van der Waals surface area contributed by atoms with E-state index in [1.807, 2.05) is 0 Å². The molecule has 0 unspecified atom stereocenters. The van der Waals surface area contributed by atoms with Gasteiger partial charge in [0.15, 0.2) is 0 Å². The molecule has 0 radical (unpaired) electrons. The summed E-state index contributed by atoms with van der Waals surface area (Å²) in [6, 6.07) is 6.41. The Morgan fingerprint density at radius 1 is 1.33 bits per heavy atom. The third kappa shape index (κ3) is 3.69. The number of nitrogens with two attached hydrogens (primary N) is 1. The zero-order valence-corrected chi connectivity index (χ0v) is 10.9. The van der Waals surface area contributed by atoms with E-state index in [-0.39, 0.29) is 17.1 Å². The van der Waals surface area contributed by atoms with E-state index in [9.17, 15) is 8.42 Å².